The molecule has 2 aliphatic rings. The van der Waals surface area contributed by atoms with Crippen molar-refractivity contribution < 1.29 is 57.0 Å². The molecule has 7 rings (SSSR count). The van der Waals surface area contributed by atoms with Gasteiger partial charge in [-0.05, 0) is 176 Å². The Balaban J connectivity index is 0.986. The van der Waals surface area contributed by atoms with E-state index in [9.17, 15) is 9.59 Å². The standard InChI is InChI=1S/C94H148N6O12/c1-3-5-7-9-11-13-23-33-45-59-103-61-47-35-25-15-17-27-37-49-63-105-85-69-81-71-87(73-85)107-65-51-39-29-19-21-31-41-55-83-77-100(98-95-83)58-44-54-68-110-92-75-89(93(101)111-79-81)91-76-90(92)94(102)112-80-82-70-86(106-64-50-38-28-18-16-26-36-48-62-104-60-46-34-24-14-12-10-8-6-4-2)74-88(72-82)108-66-52-40-30-20-22-32-42-56-84-78-99(97-96-84)57-43-53-67-109-91/h3-4,69-78H,1-2,5-68,79-80H2. The second-order valence-electron chi connectivity index (χ2n) is 31.5. The number of aryl methyl sites for hydroxylation is 4. The molecule has 3 aromatic carbocycles. The summed E-state index contributed by atoms with van der Waals surface area (Å²) in [5, 5.41) is 17.9. The van der Waals surface area contributed by atoms with Crippen molar-refractivity contribution in [3.8, 4) is 34.5 Å². The van der Waals surface area contributed by atoms with Gasteiger partial charge in [0.25, 0.3) is 0 Å². The molecule has 0 saturated carbocycles. The summed E-state index contributed by atoms with van der Waals surface area (Å²) in [7, 11) is 0. The lowest BCUT2D eigenvalue weighted by Gasteiger charge is -2.18. The molecule has 5 aromatic rings. The predicted molar refractivity (Wildman–Crippen MR) is 451 cm³/mol. The second-order valence-corrected chi connectivity index (χ2v) is 31.5. The van der Waals surface area contributed by atoms with Gasteiger partial charge < -0.3 is 47.4 Å². The summed E-state index contributed by atoms with van der Waals surface area (Å²) in [5.74, 6) is 1.79. The van der Waals surface area contributed by atoms with Gasteiger partial charge in [0.05, 0.1) is 51.0 Å². The van der Waals surface area contributed by atoms with E-state index in [0.717, 1.165) is 190 Å². The molecule has 0 atom stereocenters. The molecule has 0 spiro atoms. The Morgan fingerprint density at radius 2 is 0.643 bits per heavy atom. The van der Waals surface area contributed by atoms with Crippen molar-refractivity contribution in [3.63, 3.8) is 0 Å². The van der Waals surface area contributed by atoms with E-state index in [1.807, 2.05) is 70.3 Å². The number of rotatable bonds is 44. The fraction of sp³-hybridized carbons (Fsp3) is 0.702. The number of benzene rings is 3. The molecule has 0 amide bonds. The van der Waals surface area contributed by atoms with Crippen molar-refractivity contribution in [2.75, 3.05) is 66.1 Å². The van der Waals surface area contributed by atoms with E-state index in [-0.39, 0.29) is 49.1 Å². The minimum absolute atomic E-state index is 0.0668. The number of ether oxygens (including phenoxy) is 10. The molecule has 2 aliphatic heterocycles. The third-order valence-corrected chi connectivity index (χ3v) is 21.4. The fourth-order valence-electron chi connectivity index (χ4n) is 14.6. The van der Waals surface area contributed by atoms with Crippen LogP contribution >= 0.6 is 0 Å². The Bertz CT molecular complexity index is 3010. The number of allylic oxidation sites excluding steroid dienone is 2. The zero-order chi connectivity index (χ0) is 78.3. The molecular formula is C94H148N6O12. The zero-order valence-corrected chi connectivity index (χ0v) is 69.6. The second kappa shape index (κ2) is 62.4. The largest absolute Gasteiger partial charge is 0.493 e. The molecule has 0 unspecified atom stereocenters. The van der Waals surface area contributed by atoms with Crippen LogP contribution in [0.2, 0.25) is 0 Å². The van der Waals surface area contributed by atoms with Crippen LogP contribution in [0.15, 0.2) is 86.2 Å². The lowest BCUT2D eigenvalue weighted by molar-refractivity contribution is 0.0449. The van der Waals surface area contributed by atoms with Crippen LogP contribution in [-0.2, 0) is 58.1 Å². The maximum absolute atomic E-state index is 14.9. The third kappa shape index (κ3) is 43.5. The molecule has 18 heteroatoms. The molecule has 0 radical (unpaired) electrons. The molecular weight excluding hydrogens is 1410 g/mol. The van der Waals surface area contributed by atoms with Crippen molar-refractivity contribution in [1.82, 2.24) is 30.0 Å². The van der Waals surface area contributed by atoms with Gasteiger partial charge in [0, 0.05) is 64.0 Å². The van der Waals surface area contributed by atoms with Crippen molar-refractivity contribution >= 4 is 11.9 Å². The predicted octanol–water partition coefficient (Wildman–Crippen LogP) is 24.3. The molecule has 112 heavy (non-hydrogen) atoms. The van der Waals surface area contributed by atoms with Crippen LogP contribution in [0.4, 0.5) is 0 Å². The summed E-state index contributed by atoms with van der Waals surface area (Å²) in [5.41, 5.74) is 3.71. The minimum atomic E-state index is -0.636. The van der Waals surface area contributed by atoms with Gasteiger partial charge in [0.15, 0.2) is 0 Å². The Hall–Kier alpha value is -6.92. The van der Waals surface area contributed by atoms with Crippen LogP contribution in [0, 0.1) is 0 Å². The van der Waals surface area contributed by atoms with E-state index in [1.165, 1.54) is 180 Å². The highest BCUT2D eigenvalue weighted by atomic mass is 16.5. The molecule has 0 fully saturated rings. The molecule has 4 heterocycles. The third-order valence-electron chi connectivity index (χ3n) is 21.4. The Morgan fingerprint density at radius 1 is 0.330 bits per heavy atom. The summed E-state index contributed by atoms with van der Waals surface area (Å²) >= 11 is 0. The molecule has 0 saturated heterocycles. The van der Waals surface area contributed by atoms with Crippen molar-refractivity contribution in [3.05, 3.63) is 120 Å². The quantitative estimate of drug-likeness (QED) is 0.0203. The summed E-state index contributed by atoms with van der Waals surface area (Å²) < 4.78 is 67.2. The van der Waals surface area contributed by atoms with Gasteiger partial charge in [0.1, 0.15) is 58.8 Å². The lowest BCUT2D eigenvalue weighted by Crippen LogP contribution is -2.14. The Morgan fingerprint density at radius 3 is 1.01 bits per heavy atom. The summed E-state index contributed by atoms with van der Waals surface area (Å²) in [6.45, 7) is 15.1. The van der Waals surface area contributed by atoms with Crippen LogP contribution in [-0.4, -0.2) is 108 Å². The van der Waals surface area contributed by atoms with E-state index in [0.29, 0.717) is 75.4 Å². The van der Waals surface area contributed by atoms with E-state index < -0.39 is 11.9 Å². The summed E-state index contributed by atoms with van der Waals surface area (Å²) in [6, 6.07) is 14.8. The van der Waals surface area contributed by atoms with Gasteiger partial charge >= 0.3 is 11.9 Å². The first-order chi connectivity index (χ1) is 55.4. The van der Waals surface area contributed by atoms with Crippen LogP contribution in [0.5, 0.6) is 34.5 Å². The molecule has 626 valence electrons. The average molecular weight is 1550 g/mol. The Labute approximate surface area is 676 Å². The lowest BCUT2D eigenvalue weighted by atomic mass is 10.1. The summed E-state index contributed by atoms with van der Waals surface area (Å²) in [6.07, 6.45) is 67.1. The maximum atomic E-state index is 14.9. The number of cyclic esters (lactones) is 2. The number of hydrogen-bond donors (Lipinski definition) is 0. The first kappa shape index (κ1) is 92.3. The average Bonchev–Trinajstić information content (AvgIpc) is 0.930. The van der Waals surface area contributed by atoms with Gasteiger partial charge in [-0.25, -0.2) is 9.59 Å². The minimum Gasteiger partial charge on any atom is -0.493 e. The van der Waals surface area contributed by atoms with E-state index in [1.54, 1.807) is 12.1 Å². The van der Waals surface area contributed by atoms with Crippen LogP contribution in [0.3, 0.4) is 0 Å². The highest BCUT2D eigenvalue weighted by Gasteiger charge is 2.25. The maximum Gasteiger partial charge on any atom is 0.342 e. The monoisotopic (exact) mass is 1550 g/mol. The number of hydrogen-bond acceptors (Lipinski definition) is 16. The number of unbranched alkanes of at least 4 members (excludes halogenated alkanes) is 28. The van der Waals surface area contributed by atoms with Gasteiger partial charge in [-0.2, -0.15) is 0 Å². The number of carbonyl (C=O) groups is 2. The van der Waals surface area contributed by atoms with E-state index >= 15 is 0 Å². The number of carbonyl (C=O) groups excluding carboxylic acids is 2. The topological polar surface area (TPSA) is 188 Å². The smallest absolute Gasteiger partial charge is 0.342 e. The van der Waals surface area contributed by atoms with Gasteiger partial charge in [-0.3, -0.25) is 9.36 Å². The zero-order valence-electron chi connectivity index (χ0n) is 69.6. The molecule has 0 aliphatic carbocycles. The highest BCUT2D eigenvalue weighted by Crippen LogP contribution is 2.34. The molecule has 18 nitrogen and oxygen atoms in total. The van der Waals surface area contributed by atoms with Gasteiger partial charge in [-0.1, -0.05) is 228 Å². The Kier molecular flexibility index (Phi) is 51.4. The van der Waals surface area contributed by atoms with Crippen LogP contribution in [0.1, 0.15) is 364 Å². The number of nitrogens with zero attached hydrogens (tertiary/aromatic N) is 6. The number of fused-ring (bicyclic) bond motifs is 14. The first-order valence-electron chi connectivity index (χ1n) is 45.1. The fourth-order valence-corrected chi connectivity index (χ4v) is 14.6. The first-order valence-corrected chi connectivity index (χ1v) is 45.1. The summed E-state index contributed by atoms with van der Waals surface area (Å²) in [4.78, 5) is 29.7. The van der Waals surface area contributed by atoms with Crippen LogP contribution in [0.25, 0.3) is 0 Å². The van der Waals surface area contributed by atoms with Gasteiger partial charge in [0.2, 0.25) is 0 Å². The molecule has 0 N–H and O–H groups in total. The highest BCUT2D eigenvalue weighted by molar-refractivity contribution is 5.98. The van der Waals surface area contributed by atoms with Crippen molar-refractivity contribution in [2.45, 2.75) is 360 Å². The number of esters is 2. The van der Waals surface area contributed by atoms with E-state index in [4.69, 9.17) is 47.4 Å². The SMILES string of the molecule is C=CCCCCCCCCCOCCCCCCCCCCOc1cc2cc(c1)OCCCCCCCCCc1cn(nn1)CCCCOc1cc(c3cc1C(=O)OCc1cc(OCCCCCCCCCCOCCCCCCCCCC=C)cc(c1)OCCCCCCCCCc1cn(nn1)CCCCO3)C(=O)OC2. The molecule has 12 bridgehead atoms. The van der Waals surface area contributed by atoms with Crippen LogP contribution < -0.4 is 28.4 Å². The van der Waals surface area contributed by atoms with Crippen molar-refractivity contribution in [1.29, 1.82) is 0 Å². The van der Waals surface area contributed by atoms with Gasteiger partial charge in [-0.15, -0.1) is 23.4 Å². The normalized spacial score (nSPS) is 15.4. The van der Waals surface area contributed by atoms with E-state index in [2.05, 4.69) is 33.8 Å². The molecule has 2 aromatic heterocycles. The number of aromatic nitrogens is 6. The van der Waals surface area contributed by atoms with Crippen molar-refractivity contribution in [2.24, 2.45) is 0 Å².